The molecule has 0 aromatic heterocycles. The van der Waals surface area contributed by atoms with Gasteiger partial charge in [-0.1, -0.05) is 13.8 Å². The highest BCUT2D eigenvalue weighted by molar-refractivity contribution is 6.04. The molecule has 3 fully saturated rings. The Balaban J connectivity index is 2.03. The molecule has 0 aromatic carbocycles. The fraction of sp³-hybridized carbons (Fsp3) is 0.906. The SMILES string of the molecule is CO[C@]1(C)C[C@@H](C)CN(C)[C@@H](C(=O)N2CCNCC2)[C@H](C)OC(=O)C(C)(C)C(=O)[C@H](C)[C@H]1O[C@@H]1O[C@H](C)C[C@H](N(C)C)[C@H]1O. The normalized spacial score (nSPS) is 40.1. The van der Waals surface area contributed by atoms with Crippen LogP contribution in [-0.4, -0.2) is 147 Å². The van der Waals surface area contributed by atoms with Crippen LogP contribution in [0.2, 0.25) is 0 Å². The number of piperazine rings is 1. The Morgan fingerprint density at radius 1 is 1.09 bits per heavy atom. The maximum atomic E-state index is 14.2. The van der Waals surface area contributed by atoms with Crippen LogP contribution in [0.5, 0.6) is 0 Å². The van der Waals surface area contributed by atoms with E-state index in [-0.39, 0.29) is 29.8 Å². The van der Waals surface area contributed by atoms with Gasteiger partial charge in [0.25, 0.3) is 0 Å². The molecule has 0 aromatic rings. The summed E-state index contributed by atoms with van der Waals surface area (Å²) in [5.41, 5.74) is -2.55. The molecule has 44 heavy (non-hydrogen) atoms. The largest absolute Gasteiger partial charge is 0.460 e. The molecule has 12 heteroatoms. The third-order valence-corrected chi connectivity index (χ3v) is 9.87. The predicted octanol–water partition coefficient (Wildman–Crippen LogP) is 1.14. The van der Waals surface area contributed by atoms with Crippen LogP contribution in [0, 0.1) is 17.3 Å². The van der Waals surface area contributed by atoms with Crippen molar-refractivity contribution in [2.24, 2.45) is 17.3 Å². The summed E-state index contributed by atoms with van der Waals surface area (Å²) in [7, 11) is 7.27. The number of rotatable bonds is 5. The van der Waals surface area contributed by atoms with E-state index < -0.39 is 53.5 Å². The lowest BCUT2D eigenvalue weighted by atomic mass is 9.74. The topological polar surface area (TPSA) is 130 Å². The number of cyclic esters (lactones) is 1. The van der Waals surface area contributed by atoms with Crippen LogP contribution in [-0.2, 0) is 33.3 Å². The molecule has 0 spiro atoms. The number of esters is 1. The monoisotopic (exact) mass is 626 g/mol. The van der Waals surface area contributed by atoms with Gasteiger partial charge in [-0.15, -0.1) is 0 Å². The molecule has 0 aliphatic carbocycles. The highest BCUT2D eigenvalue weighted by Crippen LogP contribution is 2.38. The number of likely N-dealkylation sites (N-methyl/N-ethyl adjacent to an activating group) is 2. The van der Waals surface area contributed by atoms with Crippen molar-refractivity contribution in [3.05, 3.63) is 0 Å². The van der Waals surface area contributed by atoms with Crippen molar-refractivity contribution in [1.29, 1.82) is 0 Å². The maximum absolute atomic E-state index is 14.2. The molecular weight excluding hydrogens is 568 g/mol. The summed E-state index contributed by atoms with van der Waals surface area (Å²) in [6, 6.07) is -0.927. The van der Waals surface area contributed by atoms with Crippen LogP contribution in [0.1, 0.15) is 61.3 Å². The van der Waals surface area contributed by atoms with Gasteiger partial charge >= 0.3 is 5.97 Å². The molecule has 3 aliphatic heterocycles. The number of amides is 1. The highest BCUT2D eigenvalue weighted by Gasteiger charge is 2.52. The van der Waals surface area contributed by atoms with Gasteiger partial charge in [0.1, 0.15) is 23.7 Å². The van der Waals surface area contributed by atoms with E-state index in [2.05, 4.69) is 12.2 Å². The van der Waals surface area contributed by atoms with Crippen LogP contribution < -0.4 is 5.32 Å². The zero-order valence-electron chi connectivity index (χ0n) is 28.8. The molecule has 3 aliphatic rings. The second-order valence-electron chi connectivity index (χ2n) is 14.3. The third-order valence-electron chi connectivity index (χ3n) is 9.87. The van der Waals surface area contributed by atoms with Gasteiger partial charge in [-0.25, -0.2) is 0 Å². The van der Waals surface area contributed by atoms with E-state index in [0.717, 1.165) is 0 Å². The summed E-state index contributed by atoms with van der Waals surface area (Å²) in [6.45, 7) is 15.5. The van der Waals surface area contributed by atoms with Gasteiger partial charge in [-0.05, 0) is 74.5 Å². The minimum atomic E-state index is -1.55. The zero-order valence-corrected chi connectivity index (χ0v) is 28.8. The quantitative estimate of drug-likeness (QED) is 0.337. The number of nitrogens with zero attached hydrogens (tertiary/aromatic N) is 3. The Kier molecular flexibility index (Phi) is 12.4. The first-order chi connectivity index (χ1) is 20.4. The van der Waals surface area contributed by atoms with Crippen LogP contribution in [0.15, 0.2) is 0 Å². The molecule has 2 N–H and O–H groups in total. The summed E-state index contributed by atoms with van der Waals surface area (Å²) in [6.07, 6.45) is -2.72. The molecule has 0 unspecified atom stereocenters. The fourth-order valence-electron chi connectivity index (χ4n) is 7.27. The number of hydrogen-bond donors (Lipinski definition) is 2. The van der Waals surface area contributed by atoms with E-state index in [1.165, 1.54) is 0 Å². The van der Waals surface area contributed by atoms with Crippen molar-refractivity contribution in [1.82, 2.24) is 20.0 Å². The molecule has 254 valence electrons. The van der Waals surface area contributed by atoms with Crippen molar-refractivity contribution >= 4 is 17.7 Å². The average Bonchev–Trinajstić information content (AvgIpc) is 2.96. The Morgan fingerprint density at radius 3 is 2.27 bits per heavy atom. The molecule has 3 rings (SSSR count). The van der Waals surface area contributed by atoms with Gasteiger partial charge in [-0.2, -0.15) is 0 Å². The number of ether oxygens (including phenoxy) is 4. The standard InChI is InChI=1S/C32H58N4O8/c1-19-17-32(7,41-11)27(44-29-25(37)23(34(8)9)16-20(2)42-29)21(3)26(38)31(5,6)30(40)43-22(4)24(35(10)18-19)28(39)36-14-12-33-13-15-36/h19-25,27,29,33,37H,12-18H2,1-11H3/t19-,20-,21+,22+,23+,24-,25-,27-,29+,32-/m1/s1. The number of carbonyl (C=O) groups excluding carboxylic acids is 3. The second kappa shape index (κ2) is 14.8. The summed E-state index contributed by atoms with van der Waals surface area (Å²) in [5, 5.41) is 14.6. The minimum Gasteiger partial charge on any atom is -0.460 e. The number of aliphatic hydroxyl groups excluding tert-OH is 1. The molecular formula is C32H58N4O8. The van der Waals surface area contributed by atoms with Crippen LogP contribution in [0.25, 0.3) is 0 Å². The number of methoxy groups -OCH3 is 1. The minimum absolute atomic E-state index is 0.0148. The van der Waals surface area contributed by atoms with E-state index in [9.17, 15) is 19.5 Å². The summed E-state index contributed by atoms with van der Waals surface area (Å²) >= 11 is 0. The maximum Gasteiger partial charge on any atom is 0.319 e. The number of ketones is 1. The van der Waals surface area contributed by atoms with Gasteiger partial charge in [0.15, 0.2) is 12.1 Å². The van der Waals surface area contributed by atoms with Gasteiger partial charge in [0, 0.05) is 51.8 Å². The van der Waals surface area contributed by atoms with E-state index in [1.807, 2.05) is 49.7 Å². The Hall–Kier alpha value is -1.67. The smallest absolute Gasteiger partial charge is 0.319 e. The first-order valence-corrected chi connectivity index (χ1v) is 16.1. The summed E-state index contributed by atoms with van der Waals surface area (Å²) in [5.74, 6) is -2.02. The molecule has 10 atom stereocenters. The van der Waals surface area contributed by atoms with E-state index in [1.54, 1.807) is 34.8 Å². The third kappa shape index (κ3) is 8.00. The molecule has 0 radical (unpaired) electrons. The molecule has 3 saturated heterocycles. The van der Waals surface area contributed by atoms with E-state index in [4.69, 9.17) is 18.9 Å². The number of nitrogens with one attached hydrogen (secondary N) is 1. The lowest BCUT2D eigenvalue weighted by Crippen LogP contribution is -2.59. The molecule has 12 nitrogen and oxygen atoms in total. The predicted molar refractivity (Wildman–Crippen MR) is 166 cm³/mol. The van der Waals surface area contributed by atoms with Crippen molar-refractivity contribution in [2.45, 2.75) is 110 Å². The van der Waals surface area contributed by atoms with Gasteiger partial charge in [-0.3, -0.25) is 19.3 Å². The van der Waals surface area contributed by atoms with Crippen LogP contribution >= 0.6 is 0 Å². The second-order valence-corrected chi connectivity index (χ2v) is 14.3. The molecule has 0 saturated carbocycles. The van der Waals surface area contributed by atoms with Crippen LogP contribution in [0.3, 0.4) is 0 Å². The van der Waals surface area contributed by atoms with Gasteiger partial charge in [0.05, 0.1) is 17.8 Å². The lowest BCUT2D eigenvalue weighted by molar-refractivity contribution is -0.295. The Labute approximate surface area is 264 Å². The summed E-state index contributed by atoms with van der Waals surface area (Å²) < 4.78 is 24.8. The first kappa shape index (κ1) is 36.8. The summed E-state index contributed by atoms with van der Waals surface area (Å²) in [4.78, 5) is 47.5. The molecule has 0 bridgehead atoms. The number of Topliss-reactive ketones (excluding diaryl/α,β-unsaturated/α-hetero) is 1. The zero-order chi connectivity index (χ0) is 33.1. The first-order valence-electron chi connectivity index (χ1n) is 16.1. The number of carbonyl (C=O) groups is 3. The van der Waals surface area contributed by atoms with Crippen molar-refractivity contribution in [3.63, 3.8) is 0 Å². The van der Waals surface area contributed by atoms with E-state index >= 15 is 0 Å². The van der Waals surface area contributed by atoms with Crippen molar-refractivity contribution in [2.75, 3.05) is 61.0 Å². The highest BCUT2D eigenvalue weighted by atomic mass is 16.7. The van der Waals surface area contributed by atoms with Crippen LogP contribution in [0.4, 0.5) is 0 Å². The number of hydrogen-bond acceptors (Lipinski definition) is 11. The Bertz CT molecular complexity index is 1000. The van der Waals surface area contributed by atoms with Crippen molar-refractivity contribution < 1.29 is 38.4 Å². The van der Waals surface area contributed by atoms with Gasteiger partial charge in [0.2, 0.25) is 5.91 Å². The molecule has 1 amide bonds. The van der Waals surface area contributed by atoms with Gasteiger partial charge < -0.3 is 39.2 Å². The Morgan fingerprint density at radius 2 is 1.70 bits per heavy atom. The average molecular weight is 627 g/mol. The molecule has 3 heterocycles. The van der Waals surface area contributed by atoms with Crippen molar-refractivity contribution in [3.8, 4) is 0 Å². The lowest BCUT2D eigenvalue weighted by Gasteiger charge is -2.47. The van der Waals surface area contributed by atoms with E-state index in [0.29, 0.717) is 45.6 Å². The number of aliphatic hydroxyl groups is 1. The fourth-order valence-corrected chi connectivity index (χ4v) is 7.27.